The van der Waals surface area contributed by atoms with E-state index in [1.807, 2.05) is 24.3 Å². The summed E-state index contributed by atoms with van der Waals surface area (Å²) in [6.45, 7) is 2.06. The average Bonchev–Trinajstić information content (AvgIpc) is 2.41. The van der Waals surface area contributed by atoms with E-state index in [9.17, 15) is 4.79 Å². The van der Waals surface area contributed by atoms with Gasteiger partial charge >= 0.3 is 5.97 Å². The van der Waals surface area contributed by atoms with Crippen LogP contribution in [0.5, 0.6) is 0 Å². The van der Waals surface area contributed by atoms with E-state index in [2.05, 4.69) is 24.0 Å². The Balaban J connectivity index is 2.24. The van der Waals surface area contributed by atoms with Crippen molar-refractivity contribution in [2.24, 2.45) is 0 Å². The van der Waals surface area contributed by atoms with Crippen molar-refractivity contribution in [1.29, 1.82) is 0 Å². The number of benzene rings is 1. The molecule has 1 N–H and O–H groups in total. The molecule has 1 heterocycles. The Morgan fingerprint density at radius 2 is 1.89 bits per heavy atom. The van der Waals surface area contributed by atoms with Crippen molar-refractivity contribution in [2.45, 2.75) is 25.7 Å². The minimum absolute atomic E-state index is 0.0124. The first-order valence-electron chi connectivity index (χ1n) is 6.33. The maximum Gasteiger partial charge on any atom is 0.303 e. The smallest absolute Gasteiger partial charge is 0.303 e. The highest BCUT2D eigenvalue weighted by Crippen LogP contribution is 2.25. The highest BCUT2D eigenvalue weighted by molar-refractivity contribution is 5.68. The van der Waals surface area contributed by atoms with Gasteiger partial charge in [-0.3, -0.25) is 9.78 Å². The lowest BCUT2D eigenvalue weighted by molar-refractivity contribution is -0.137. The minimum atomic E-state index is -0.768. The Morgan fingerprint density at radius 1 is 1.21 bits per heavy atom. The monoisotopic (exact) mass is 255 g/mol. The summed E-state index contributed by atoms with van der Waals surface area (Å²) in [6, 6.07) is 11.9. The second-order valence-corrected chi connectivity index (χ2v) is 4.71. The molecular formula is C16H17NO2. The van der Waals surface area contributed by atoms with Gasteiger partial charge in [0.2, 0.25) is 0 Å². The summed E-state index contributed by atoms with van der Waals surface area (Å²) >= 11 is 0. The lowest BCUT2D eigenvalue weighted by atomic mass is 9.88. The number of aliphatic carboxylic acids is 1. The maximum atomic E-state index is 11.0. The van der Waals surface area contributed by atoms with Crippen molar-refractivity contribution < 1.29 is 9.90 Å². The first kappa shape index (κ1) is 13.3. The molecule has 1 aromatic heterocycles. The van der Waals surface area contributed by atoms with Gasteiger partial charge in [0.1, 0.15) is 0 Å². The third-order valence-corrected chi connectivity index (χ3v) is 3.33. The predicted molar refractivity (Wildman–Crippen MR) is 74.1 cm³/mol. The lowest BCUT2D eigenvalue weighted by Crippen LogP contribution is -2.10. The van der Waals surface area contributed by atoms with E-state index in [1.54, 1.807) is 12.4 Å². The number of carboxylic acids is 1. The summed E-state index contributed by atoms with van der Waals surface area (Å²) in [7, 11) is 0. The number of pyridine rings is 1. The number of carbonyl (C=O) groups is 1. The number of aromatic nitrogens is 1. The van der Waals surface area contributed by atoms with E-state index in [1.165, 1.54) is 11.1 Å². The number of carboxylic acid groups (broad SMARTS) is 1. The van der Waals surface area contributed by atoms with Gasteiger partial charge < -0.3 is 5.11 Å². The fourth-order valence-electron chi connectivity index (χ4n) is 2.26. The van der Waals surface area contributed by atoms with Gasteiger partial charge in [0, 0.05) is 12.4 Å². The Labute approximate surface area is 112 Å². The molecule has 2 aromatic rings. The molecule has 0 aliphatic carbocycles. The van der Waals surface area contributed by atoms with Crippen molar-refractivity contribution in [3.05, 3.63) is 65.5 Å². The molecule has 0 aliphatic rings. The minimum Gasteiger partial charge on any atom is -0.481 e. The summed E-state index contributed by atoms with van der Waals surface area (Å²) in [5.41, 5.74) is 3.43. The van der Waals surface area contributed by atoms with Gasteiger partial charge in [-0.1, -0.05) is 24.3 Å². The summed E-state index contributed by atoms with van der Waals surface area (Å²) in [5.74, 6) is -0.781. The normalized spacial score (nSPS) is 12.1. The van der Waals surface area contributed by atoms with Crippen LogP contribution in [0.2, 0.25) is 0 Å². The number of aryl methyl sites for hydroxylation is 1. The van der Waals surface area contributed by atoms with Gasteiger partial charge in [0.15, 0.2) is 0 Å². The van der Waals surface area contributed by atoms with Gasteiger partial charge in [-0.05, 0) is 48.1 Å². The summed E-state index contributed by atoms with van der Waals surface area (Å²) in [5, 5.41) is 9.08. The molecule has 0 radical (unpaired) electrons. The average molecular weight is 255 g/mol. The van der Waals surface area contributed by atoms with Crippen LogP contribution >= 0.6 is 0 Å². The van der Waals surface area contributed by atoms with Crippen LogP contribution in [0.25, 0.3) is 0 Å². The van der Waals surface area contributed by atoms with Crippen molar-refractivity contribution in [3.8, 4) is 0 Å². The van der Waals surface area contributed by atoms with Crippen LogP contribution in [-0.2, 0) is 11.2 Å². The lowest BCUT2D eigenvalue weighted by Gasteiger charge is -2.16. The van der Waals surface area contributed by atoms with Crippen molar-refractivity contribution >= 4 is 5.97 Å². The van der Waals surface area contributed by atoms with E-state index < -0.39 is 5.97 Å². The third kappa shape index (κ3) is 3.65. The Hall–Kier alpha value is -2.16. The molecule has 19 heavy (non-hydrogen) atoms. The maximum absolute atomic E-state index is 11.0. The Bertz CT molecular complexity index is 552. The Morgan fingerprint density at radius 3 is 2.53 bits per heavy atom. The second kappa shape index (κ2) is 6.14. The van der Waals surface area contributed by atoms with E-state index in [-0.39, 0.29) is 12.3 Å². The molecule has 2 rings (SSSR count). The molecular weight excluding hydrogens is 238 g/mol. The molecule has 1 aromatic carbocycles. The van der Waals surface area contributed by atoms with Gasteiger partial charge in [0.05, 0.1) is 6.42 Å². The summed E-state index contributed by atoms with van der Waals surface area (Å²) in [4.78, 5) is 15.0. The fraction of sp³-hybridized carbons (Fsp3) is 0.250. The molecule has 1 atom stereocenters. The van der Waals surface area contributed by atoms with Crippen molar-refractivity contribution in [2.75, 3.05) is 0 Å². The van der Waals surface area contributed by atoms with Gasteiger partial charge in [-0.15, -0.1) is 0 Å². The molecule has 0 bridgehead atoms. The number of hydrogen-bond acceptors (Lipinski definition) is 2. The Kier molecular flexibility index (Phi) is 4.29. The van der Waals surface area contributed by atoms with Crippen LogP contribution in [0.15, 0.2) is 48.8 Å². The zero-order valence-corrected chi connectivity index (χ0v) is 10.9. The quantitative estimate of drug-likeness (QED) is 0.892. The van der Waals surface area contributed by atoms with Crippen LogP contribution < -0.4 is 0 Å². The first-order valence-corrected chi connectivity index (χ1v) is 6.33. The molecule has 0 spiro atoms. The second-order valence-electron chi connectivity index (χ2n) is 4.71. The molecule has 0 fully saturated rings. The van der Waals surface area contributed by atoms with E-state index in [0.29, 0.717) is 0 Å². The molecule has 98 valence electrons. The highest BCUT2D eigenvalue weighted by atomic mass is 16.4. The van der Waals surface area contributed by atoms with Crippen LogP contribution in [0.1, 0.15) is 29.0 Å². The van der Waals surface area contributed by atoms with Crippen LogP contribution in [-0.4, -0.2) is 16.1 Å². The molecule has 0 saturated heterocycles. The largest absolute Gasteiger partial charge is 0.481 e. The van der Waals surface area contributed by atoms with E-state index >= 15 is 0 Å². The molecule has 0 saturated carbocycles. The number of hydrogen-bond donors (Lipinski definition) is 1. The first-order chi connectivity index (χ1) is 9.16. The number of rotatable bonds is 5. The standard InChI is InChI=1S/C16H17NO2/c1-12-4-2-3-5-14(12)10-15(11-16(18)19)13-6-8-17-9-7-13/h2-9,15H,10-11H2,1H3,(H,18,19). The molecule has 3 heteroatoms. The van der Waals surface area contributed by atoms with Gasteiger partial charge in [-0.2, -0.15) is 0 Å². The summed E-state index contributed by atoms with van der Waals surface area (Å²) in [6.07, 6.45) is 4.30. The van der Waals surface area contributed by atoms with Crippen LogP contribution in [0.3, 0.4) is 0 Å². The molecule has 1 unspecified atom stereocenters. The fourth-order valence-corrected chi connectivity index (χ4v) is 2.26. The van der Waals surface area contributed by atoms with E-state index in [0.717, 1.165) is 12.0 Å². The molecule has 0 amide bonds. The topological polar surface area (TPSA) is 50.2 Å². The van der Waals surface area contributed by atoms with Crippen molar-refractivity contribution in [1.82, 2.24) is 4.98 Å². The van der Waals surface area contributed by atoms with Crippen molar-refractivity contribution in [3.63, 3.8) is 0 Å². The third-order valence-electron chi connectivity index (χ3n) is 3.33. The zero-order valence-electron chi connectivity index (χ0n) is 10.9. The van der Waals surface area contributed by atoms with E-state index in [4.69, 9.17) is 5.11 Å². The highest BCUT2D eigenvalue weighted by Gasteiger charge is 2.16. The van der Waals surface area contributed by atoms with Crippen LogP contribution in [0, 0.1) is 6.92 Å². The molecule has 0 aliphatic heterocycles. The summed E-state index contributed by atoms with van der Waals surface area (Å²) < 4.78 is 0. The molecule has 3 nitrogen and oxygen atoms in total. The number of nitrogens with zero attached hydrogens (tertiary/aromatic N) is 1. The SMILES string of the molecule is Cc1ccccc1CC(CC(=O)O)c1ccncc1. The van der Waals surface area contributed by atoms with Gasteiger partial charge in [0.25, 0.3) is 0 Å². The zero-order chi connectivity index (χ0) is 13.7. The predicted octanol–water partition coefficient (Wildman–Crippen LogP) is 3.19. The van der Waals surface area contributed by atoms with Crippen LogP contribution in [0.4, 0.5) is 0 Å². The van der Waals surface area contributed by atoms with Gasteiger partial charge in [-0.25, -0.2) is 0 Å².